The maximum absolute atomic E-state index is 11.2. The van der Waals surface area contributed by atoms with Gasteiger partial charge in [-0.15, -0.1) is 0 Å². The van der Waals surface area contributed by atoms with Gasteiger partial charge in [-0.2, -0.15) is 0 Å². The number of nitrogens with zero attached hydrogens (tertiary/aromatic N) is 1. The second-order valence-corrected chi connectivity index (χ2v) is 5.00. The lowest BCUT2D eigenvalue weighted by Crippen LogP contribution is -2.38. The summed E-state index contributed by atoms with van der Waals surface area (Å²) >= 11 is 5.39. The van der Waals surface area contributed by atoms with Crippen molar-refractivity contribution in [3.63, 3.8) is 0 Å². The van der Waals surface area contributed by atoms with Crippen LogP contribution in [0.4, 0.5) is 5.69 Å². The number of anilines is 1. The van der Waals surface area contributed by atoms with Gasteiger partial charge in [0, 0.05) is 24.3 Å². The van der Waals surface area contributed by atoms with Crippen LogP contribution in [0.2, 0.25) is 0 Å². The zero-order chi connectivity index (χ0) is 13.0. The molecular formula is C14H18N2OS. The molecule has 1 aliphatic heterocycles. The molecule has 2 rings (SSSR count). The third-order valence-electron chi connectivity index (χ3n) is 3.19. The molecule has 0 atom stereocenters. The normalized spacial score (nSPS) is 15.3. The predicted molar refractivity (Wildman–Crippen MR) is 78.1 cm³/mol. The number of hydrogen-bond donors (Lipinski definition) is 1. The number of carbonyl (C=O) groups excluding carboxylic acids is 1. The lowest BCUT2D eigenvalue weighted by atomic mass is 10.1. The van der Waals surface area contributed by atoms with Gasteiger partial charge in [0.15, 0.2) is 10.9 Å². The molecule has 1 aromatic carbocycles. The zero-order valence-electron chi connectivity index (χ0n) is 10.6. The summed E-state index contributed by atoms with van der Waals surface area (Å²) < 4.78 is 0. The summed E-state index contributed by atoms with van der Waals surface area (Å²) in [5.74, 6) is 0.0835. The summed E-state index contributed by atoms with van der Waals surface area (Å²) in [5, 5.41) is 4.01. The van der Waals surface area contributed by atoms with E-state index in [0.29, 0.717) is 0 Å². The maximum atomic E-state index is 11.2. The Morgan fingerprint density at radius 2 is 1.78 bits per heavy atom. The van der Waals surface area contributed by atoms with E-state index in [-0.39, 0.29) is 5.78 Å². The molecule has 96 valence electrons. The Balaban J connectivity index is 1.96. The summed E-state index contributed by atoms with van der Waals surface area (Å²) in [4.78, 5) is 13.4. The standard InChI is InChI=1S/C14H18N2OS/c1-11(17)12-5-7-13(8-6-12)15-14(18)16-9-3-2-4-10-16/h5-8H,2-4,9-10H2,1H3,(H,15,18). The van der Waals surface area contributed by atoms with Crippen LogP contribution in [-0.2, 0) is 0 Å². The Bertz CT molecular complexity index is 436. The van der Waals surface area contributed by atoms with E-state index in [9.17, 15) is 4.79 Å². The van der Waals surface area contributed by atoms with Gasteiger partial charge in [-0.25, -0.2) is 0 Å². The molecule has 3 nitrogen and oxygen atoms in total. The average molecular weight is 262 g/mol. The Morgan fingerprint density at radius 3 is 2.33 bits per heavy atom. The molecule has 0 amide bonds. The molecule has 1 fully saturated rings. The largest absolute Gasteiger partial charge is 0.349 e. The summed E-state index contributed by atoms with van der Waals surface area (Å²) in [6, 6.07) is 7.44. The third-order valence-corrected chi connectivity index (χ3v) is 3.55. The molecule has 0 spiro atoms. The van der Waals surface area contributed by atoms with Crippen LogP contribution >= 0.6 is 12.2 Å². The highest BCUT2D eigenvalue weighted by atomic mass is 32.1. The fourth-order valence-corrected chi connectivity index (χ4v) is 2.39. The minimum absolute atomic E-state index is 0.0835. The SMILES string of the molecule is CC(=O)c1ccc(NC(=S)N2CCCCC2)cc1. The van der Waals surface area contributed by atoms with Crippen LogP contribution in [0.3, 0.4) is 0 Å². The fraction of sp³-hybridized carbons (Fsp3) is 0.429. The van der Waals surface area contributed by atoms with E-state index in [4.69, 9.17) is 12.2 Å². The van der Waals surface area contributed by atoms with Gasteiger partial charge in [0.1, 0.15) is 0 Å². The van der Waals surface area contributed by atoms with Crippen LogP contribution in [0.15, 0.2) is 24.3 Å². The van der Waals surface area contributed by atoms with Gasteiger partial charge in [-0.05, 0) is 62.7 Å². The highest BCUT2D eigenvalue weighted by molar-refractivity contribution is 7.80. The molecule has 0 bridgehead atoms. The number of Topliss-reactive ketones (excluding diaryl/α,β-unsaturated/α-hetero) is 1. The first-order valence-corrected chi connectivity index (χ1v) is 6.74. The van der Waals surface area contributed by atoms with Crippen LogP contribution in [-0.4, -0.2) is 28.9 Å². The van der Waals surface area contributed by atoms with Gasteiger partial charge >= 0.3 is 0 Å². The van der Waals surface area contributed by atoms with Crippen molar-refractivity contribution in [2.45, 2.75) is 26.2 Å². The van der Waals surface area contributed by atoms with Crippen LogP contribution in [0.5, 0.6) is 0 Å². The molecule has 18 heavy (non-hydrogen) atoms. The van der Waals surface area contributed by atoms with Crippen molar-refractivity contribution in [1.29, 1.82) is 0 Å². The van der Waals surface area contributed by atoms with E-state index in [1.807, 2.05) is 24.3 Å². The monoisotopic (exact) mass is 262 g/mol. The maximum Gasteiger partial charge on any atom is 0.173 e. The first-order valence-electron chi connectivity index (χ1n) is 6.34. The van der Waals surface area contributed by atoms with Gasteiger partial charge in [0.2, 0.25) is 0 Å². The van der Waals surface area contributed by atoms with Crippen molar-refractivity contribution in [2.75, 3.05) is 18.4 Å². The molecule has 1 saturated heterocycles. The van der Waals surface area contributed by atoms with Crippen LogP contribution in [0.25, 0.3) is 0 Å². The van der Waals surface area contributed by atoms with Gasteiger partial charge in [-0.1, -0.05) is 0 Å². The van der Waals surface area contributed by atoms with Crippen molar-refractivity contribution in [2.24, 2.45) is 0 Å². The first kappa shape index (κ1) is 13.0. The lowest BCUT2D eigenvalue weighted by Gasteiger charge is -2.29. The second-order valence-electron chi connectivity index (χ2n) is 4.61. The van der Waals surface area contributed by atoms with Crippen LogP contribution in [0, 0.1) is 0 Å². The summed E-state index contributed by atoms with van der Waals surface area (Å²) in [6.45, 7) is 3.65. The van der Waals surface area contributed by atoms with Crippen molar-refractivity contribution < 1.29 is 4.79 Å². The average Bonchev–Trinajstić information content (AvgIpc) is 2.40. The molecule has 0 aliphatic carbocycles. The molecule has 0 unspecified atom stereocenters. The summed E-state index contributed by atoms with van der Waals surface area (Å²) in [6.07, 6.45) is 3.72. The van der Waals surface area contributed by atoms with E-state index in [1.165, 1.54) is 19.3 Å². The second kappa shape index (κ2) is 5.96. The molecule has 1 aliphatic rings. The quantitative estimate of drug-likeness (QED) is 0.656. The molecule has 1 heterocycles. The number of piperidine rings is 1. The van der Waals surface area contributed by atoms with E-state index in [0.717, 1.165) is 29.5 Å². The van der Waals surface area contributed by atoms with Crippen molar-refractivity contribution in [3.05, 3.63) is 29.8 Å². The van der Waals surface area contributed by atoms with E-state index >= 15 is 0 Å². The minimum Gasteiger partial charge on any atom is -0.349 e. The zero-order valence-corrected chi connectivity index (χ0v) is 11.4. The van der Waals surface area contributed by atoms with Crippen molar-refractivity contribution in [1.82, 2.24) is 4.90 Å². The number of nitrogens with one attached hydrogen (secondary N) is 1. The molecule has 1 aromatic rings. The minimum atomic E-state index is 0.0835. The van der Waals surface area contributed by atoms with Gasteiger partial charge < -0.3 is 10.2 Å². The Hall–Kier alpha value is -1.42. The highest BCUT2D eigenvalue weighted by Gasteiger charge is 2.13. The Kier molecular flexibility index (Phi) is 4.31. The van der Waals surface area contributed by atoms with Gasteiger partial charge in [0.25, 0.3) is 0 Å². The lowest BCUT2D eigenvalue weighted by molar-refractivity contribution is 0.101. The molecule has 4 heteroatoms. The van der Waals surface area contributed by atoms with E-state index in [2.05, 4.69) is 10.2 Å². The van der Waals surface area contributed by atoms with E-state index in [1.54, 1.807) is 6.92 Å². The summed E-state index contributed by atoms with van der Waals surface area (Å²) in [7, 11) is 0. The molecule has 0 saturated carbocycles. The smallest absolute Gasteiger partial charge is 0.173 e. The Labute approximate surface area is 113 Å². The first-order chi connectivity index (χ1) is 8.66. The molecule has 1 N–H and O–H groups in total. The number of likely N-dealkylation sites (tertiary alicyclic amines) is 1. The number of ketones is 1. The molecular weight excluding hydrogens is 244 g/mol. The number of benzene rings is 1. The third kappa shape index (κ3) is 3.29. The number of rotatable bonds is 2. The van der Waals surface area contributed by atoms with Crippen LogP contribution in [0.1, 0.15) is 36.5 Å². The summed E-state index contributed by atoms with van der Waals surface area (Å²) in [5.41, 5.74) is 1.67. The van der Waals surface area contributed by atoms with E-state index < -0.39 is 0 Å². The highest BCUT2D eigenvalue weighted by Crippen LogP contribution is 2.14. The van der Waals surface area contributed by atoms with Gasteiger partial charge in [-0.3, -0.25) is 4.79 Å². The number of thiocarbonyl (C=S) groups is 1. The molecule has 0 radical (unpaired) electrons. The van der Waals surface area contributed by atoms with Crippen molar-refractivity contribution >= 4 is 28.8 Å². The van der Waals surface area contributed by atoms with Crippen LogP contribution < -0.4 is 5.32 Å². The van der Waals surface area contributed by atoms with Gasteiger partial charge in [0.05, 0.1) is 0 Å². The van der Waals surface area contributed by atoms with Crippen molar-refractivity contribution in [3.8, 4) is 0 Å². The topological polar surface area (TPSA) is 32.3 Å². The number of hydrogen-bond acceptors (Lipinski definition) is 2. The Morgan fingerprint density at radius 1 is 1.17 bits per heavy atom. The molecule has 0 aromatic heterocycles. The number of carbonyl (C=O) groups is 1. The fourth-order valence-electron chi connectivity index (χ4n) is 2.09. The predicted octanol–water partition coefficient (Wildman–Crippen LogP) is 3.07.